The van der Waals surface area contributed by atoms with Crippen LogP contribution in [0.3, 0.4) is 0 Å². The molecule has 100 valence electrons. The van der Waals surface area contributed by atoms with Crippen LogP contribution in [0.4, 0.5) is 14.5 Å². The summed E-state index contributed by atoms with van der Waals surface area (Å²) in [5, 5.41) is 2.99. The quantitative estimate of drug-likeness (QED) is 0.780. The molecule has 19 heavy (non-hydrogen) atoms. The summed E-state index contributed by atoms with van der Waals surface area (Å²) in [6, 6.07) is 12.2. The fraction of sp³-hybridized carbons (Fsp3) is 0.200. The van der Waals surface area contributed by atoms with Crippen molar-refractivity contribution in [3.63, 3.8) is 0 Å². The maximum atomic E-state index is 13.5. The molecule has 0 atom stereocenters. The van der Waals surface area contributed by atoms with E-state index in [1.807, 2.05) is 18.2 Å². The van der Waals surface area contributed by atoms with Gasteiger partial charge < -0.3 is 5.32 Å². The molecule has 0 bridgehead atoms. The van der Waals surface area contributed by atoms with E-state index in [1.54, 1.807) is 0 Å². The van der Waals surface area contributed by atoms with Crippen molar-refractivity contribution in [2.24, 2.45) is 0 Å². The molecular formula is C15H14BrF2N. The summed E-state index contributed by atoms with van der Waals surface area (Å²) in [7, 11) is 0. The molecule has 4 heteroatoms. The number of hydrogen-bond acceptors (Lipinski definition) is 1. The molecular weight excluding hydrogens is 312 g/mol. The average molecular weight is 326 g/mol. The van der Waals surface area contributed by atoms with Crippen molar-refractivity contribution in [2.45, 2.75) is 12.8 Å². The van der Waals surface area contributed by atoms with Gasteiger partial charge in [0.2, 0.25) is 0 Å². The first-order valence-electron chi connectivity index (χ1n) is 6.09. The van der Waals surface area contributed by atoms with Gasteiger partial charge in [-0.2, -0.15) is 0 Å². The summed E-state index contributed by atoms with van der Waals surface area (Å²) in [4.78, 5) is 0. The van der Waals surface area contributed by atoms with Gasteiger partial charge in [-0.05, 0) is 40.4 Å². The van der Waals surface area contributed by atoms with Crippen molar-refractivity contribution >= 4 is 21.6 Å². The highest BCUT2D eigenvalue weighted by atomic mass is 79.9. The third-order valence-electron chi connectivity index (χ3n) is 2.79. The molecule has 0 radical (unpaired) electrons. The summed E-state index contributed by atoms with van der Waals surface area (Å²) < 4.78 is 26.9. The Bertz CT molecular complexity index is 520. The van der Waals surface area contributed by atoms with E-state index >= 15 is 0 Å². The van der Waals surface area contributed by atoms with Crippen molar-refractivity contribution in [3.05, 3.63) is 64.1 Å². The van der Waals surface area contributed by atoms with Crippen molar-refractivity contribution in [1.82, 2.24) is 0 Å². The van der Waals surface area contributed by atoms with Crippen LogP contribution in [0.2, 0.25) is 0 Å². The molecule has 0 amide bonds. The summed E-state index contributed by atoms with van der Waals surface area (Å²) >= 11 is 3.15. The number of nitrogens with one attached hydrogen (secondary N) is 1. The van der Waals surface area contributed by atoms with Crippen LogP contribution >= 0.6 is 15.9 Å². The average Bonchev–Trinajstić information content (AvgIpc) is 2.38. The summed E-state index contributed by atoms with van der Waals surface area (Å²) in [6.45, 7) is 0.635. The van der Waals surface area contributed by atoms with Crippen LogP contribution in [0, 0.1) is 11.6 Å². The molecule has 0 aromatic heterocycles. The highest BCUT2D eigenvalue weighted by Crippen LogP contribution is 2.26. The van der Waals surface area contributed by atoms with Gasteiger partial charge in [0.05, 0.1) is 5.69 Å². The van der Waals surface area contributed by atoms with Gasteiger partial charge in [0.1, 0.15) is 11.6 Å². The Morgan fingerprint density at radius 2 is 1.79 bits per heavy atom. The fourth-order valence-corrected chi connectivity index (χ4v) is 2.41. The van der Waals surface area contributed by atoms with Crippen LogP contribution in [0.5, 0.6) is 0 Å². The van der Waals surface area contributed by atoms with Gasteiger partial charge in [-0.25, -0.2) is 8.78 Å². The summed E-state index contributed by atoms with van der Waals surface area (Å²) in [6.07, 6.45) is 1.81. The Hall–Kier alpha value is -1.42. The molecule has 1 N–H and O–H groups in total. The molecule has 0 aliphatic carbocycles. The first-order valence-corrected chi connectivity index (χ1v) is 6.88. The zero-order valence-electron chi connectivity index (χ0n) is 10.3. The predicted molar refractivity (Wildman–Crippen MR) is 77.3 cm³/mol. The van der Waals surface area contributed by atoms with Gasteiger partial charge in [0.25, 0.3) is 0 Å². The number of benzene rings is 2. The number of rotatable bonds is 5. The molecule has 0 unspecified atom stereocenters. The molecule has 2 rings (SSSR count). The monoisotopic (exact) mass is 325 g/mol. The Kier molecular flexibility index (Phi) is 4.91. The molecule has 0 aliphatic heterocycles. The molecule has 2 aromatic rings. The molecule has 0 heterocycles. The summed E-state index contributed by atoms with van der Waals surface area (Å²) in [5.41, 5.74) is 1.57. The molecule has 0 aliphatic rings. The SMILES string of the molecule is Fc1cc(F)c(NCCCc2ccccc2)c(Br)c1. The van der Waals surface area contributed by atoms with Crippen LogP contribution in [0.15, 0.2) is 46.9 Å². The van der Waals surface area contributed by atoms with E-state index in [4.69, 9.17) is 0 Å². The zero-order chi connectivity index (χ0) is 13.7. The van der Waals surface area contributed by atoms with E-state index in [1.165, 1.54) is 11.6 Å². The lowest BCUT2D eigenvalue weighted by Crippen LogP contribution is -2.05. The highest BCUT2D eigenvalue weighted by molar-refractivity contribution is 9.10. The van der Waals surface area contributed by atoms with Gasteiger partial charge in [-0.3, -0.25) is 0 Å². The Labute approximate surface area is 119 Å². The van der Waals surface area contributed by atoms with Crippen LogP contribution in [0.1, 0.15) is 12.0 Å². The van der Waals surface area contributed by atoms with Crippen molar-refractivity contribution < 1.29 is 8.78 Å². The van der Waals surface area contributed by atoms with Gasteiger partial charge in [0.15, 0.2) is 0 Å². The minimum Gasteiger partial charge on any atom is -0.382 e. The van der Waals surface area contributed by atoms with Gasteiger partial charge >= 0.3 is 0 Å². The Balaban J connectivity index is 1.86. The van der Waals surface area contributed by atoms with E-state index in [2.05, 4.69) is 33.4 Å². The maximum Gasteiger partial charge on any atom is 0.150 e. The van der Waals surface area contributed by atoms with E-state index in [0.29, 0.717) is 16.7 Å². The first kappa shape index (κ1) is 14.0. The van der Waals surface area contributed by atoms with Crippen molar-refractivity contribution in [3.8, 4) is 0 Å². The smallest absolute Gasteiger partial charge is 0.150 e. The summed E-state index contributed by atoms with van der Waals surface area (Å²) in [5.74, 6) is -1.16. The highest BCUT2D eigenvalue weighted by Gasteiger charge is 2.08. The lowest BCUT2D eigenvalue weighted by molar-refractivity contribution is 0.583. The third kappa shape index (κ3) is 4.03. The minimum absolute atomic E-state index is 0.314. The van der Waals surface area contributed by atoms with E-state index < -0.39 is 11.6 Å². The van der Waals surface area contributed by atoms with Gasteiger partial charge in [-0.15, -0.1) is 0 Å². The van der Waals surface area contributed by atoms with E-state index in [9.17, 15) is 8.78 Å². The van der Waals surface area contributed by atoms with E-state index in [0.717, 1.165) is 18.9 Å². The predicted octanol–water partition coefficient (Wildman–Crippen LogP) is 4.77. The minimum atomic E-state index is -0.584. The number of aryl methyl sites for hydroxylation is 1. The number of anilines is 1. The number of hydrogen-bond donors (Lipinski definition) is 1. The van der Waals surface area contributed by atoms with E-state index in [-0.39, 0.29) is 0 Å². The van der Waals surface area contributed by atoms with Crippen LogP contribution in [0.25, 0.3) is 0 Å². The normalized spacial score (nSPS) is 10.5. The van der Waals surface area contributed by atoms with Crippen molar-refractivity contribution in [1.29, 1.82) is 0 Å². The molecule has 0 saturated heterocycles. The maximum absolute atomic E-state index is 13.5. The van der Waals surface area contributed by atoms with Crippen LogP contribution in [-0.4, -0.2) is 6.54 Å². The first-order chi connectivity index (χ1) is 9.16. The lowest BCUT2D eigenvalue weighted by Gasteiger charge is -2.10. The molecule has 0 saturated carbocycles. The standard InChI is InChI=1S/C15H14BrF2N/c16-13-9-12(17)10-14(18)15(13)19-8-4-7-11-5-2-1-3-6-11/h1-3,5-6,9-10,19H,4,7-8H2. The molecule has 1 nitrogen and oxygen atoms in total. The Morgan fingerprint density at radius 1 is 1.05 bits per heavy atom. The molecule has 0 spiro atoms. The van der Waals surface area contributed by atoms with Crippen molar-refractivity contribution in [2.75, 3.05) is 11.9 Å². The second-order valence-corrected chi connectivity index (χ2v) is 5.11. The van der Waals surface area contributed by atoms with Gasteiger partial charge in [-0.1, -0.05) is 30.3 Å². The topological polar surface area (TPSA) is 12.0 Å². The second kappa shape index (κ2) is 6.66. The van der Waals surface area contributed by atoms with Crippen LogP contribution < -0.4 is 5.32 Å². The Morgan fingerprint density at radius 3 is 2.47 bits per heavy atom. The number of halogens is 3. The molecule has 0 fully saturated rings. The van der Waals surface area contributed by atoms with Crippen LogP contribution in [-0.2, 0) is 6.42 Å². The largest absolute Gasteiger partial charge is 0.382 e. The van der Waals surface area contributed by atoms with Gasteiger partial charge in [0, 0.05) is 17.1 Å². The third-order valence-corrected chi connectivity index (χ3v) is 3.42. The zero-order valence-corrected chi connectivity index (χ0v) is 11.9. The second-order valence-electron chi connectivity index (χ2n) is 4.26. The molecule has 2 aromatic carbocycles. The lowest BCUT2D eigenvalue weighted by atomic mass is 10.1. The fourth-order valence-electron chi connectivity index (χ4n) is 1.86.